The van der Waals surface area contributed by atoms with Gasteiger partial charge in [-0.15, -0.1) is 0 Å². The Kier molecular flexibility index (Phi) is 4.56. The van der Waals surface area contributed by atoms with Gasteiger partial charge < -0.3 is 5.32 Å². The molecule has 0 aliphatic heterocycles. The first-order valence-corrected chi connectivity index (χ1v) is 6.51. The lowest BCUT2D eigenvalue weighted by atomic mass is 10.2. The molecule has 0 aliphatic carbocycles. The molecule has 21 heavy (non-hydrogen) atoms. The van der Waals surface area contributed by atoms with Crippen LogP contribution in [-0.2, 0) is 12.7 Å². The molecule has 0 bridgehead atoms. The highest BCUT2D eigenvalue weighted by Gasteiger charge is 2.33. The van der Waals surface area contributed by atoms with E-state index in [2.05, 4.69) is 34.2 Å². The maximum atomic E-state index is 12.5. The van der Waals surface area contributed by atoms with Gasteiger partial charge in [0.05, 0.1) is 11.9 Å². The molecule has 1 N–H and O–H groups in total. The van der Waals surface area contributed by atoms with Gasteiger partial charge in [0.15, 0.2) is 11.5 Å². The third-order valence-corrected chi connectivity index (χ3v) is 2.64. The molecule has 0 saturated heterocycles. The zero-order chi connectivity index (χ0) is 15.5. The van der Waals surface area contributed by atoms with Gasteiger partial charge in [0.25, 0.3) is 0 Å². The van der Waals surface area contributed by atoms with Gasteiger partial charge in [0, 0.05) is 18.9 Å². The van der Waals surface area contributed by atoms with Crippen LogP contribution < -0.4 is 5.32 Å². The number of aromatic nitrogens is 4. The monoisotopic (exact) mass is 299 g/mol. The number of nitrogens with zero attached hydrogens (tertiary/aromatic N) is 4. The summed E-state index contributed by atoms with van der Waals surface area (Å²) in [6, 6.07) is 0.908. The Bertz CT molecular complexity index is 591. The van der Waals surface area contributed by atoms with Crippen molar-refractivity contribution in [3.63, 3.8) is 0 Å². The lowest BCUT2D eigenvalue weighted by molar-refractivity contribution is -0.141. The Morgan fingerprint density at radius 3 is 2.67 bits per heavy atom. The fourth-order valence-corrected chi connectivity index (χ4v) is 1.68. The highest BCUT2D eigenvalue weighted by molar-refractivity contribution is 5.20. The van der Waals surface area contributed by atoms with Crippen molar-refractivity contribution >= 4 is 0 Å². The molecule has 0 fully saturated rings. The number of hydrogen-bond donors (Lipinski definition) is 1. The number of nitrogens with one attached hydrogen (secondary N) is 1. The first kappa shape index (κ1) is 15.4. The SMILES string of the molecule is CC(C)CNCc1cncc(-n2ccc(C(F)(F)F)n2)n1. The molecule has 2 heterocycles. The summed E-state index contributed by atoms with van der Waals surface area (Å²) in [7, 11) is 0. The van der Waals surface area contributed by atoms with Crippen molar-refractivity contribution in [1.29, 1.82) is 0 Å². The largest absolute Gasteiger partial charge is 0.435 e. The highest BCUT2D eigenvalue weighted by atomic mass is 19.4. The summed E-state index contributed by atoms with van der Waals surface area (Å²) in [5.74, 6) is 0.760. The van der Waals surface area contributed by atoms with Crippen LogP contribution in [0.3, 0.4) is 0 Å². The molecule has 8 heteroatoms. The van der Waals surface area contributed by atoms with Crippen molar-refractivity contribution in [1.82, 2.24) is 25.1 Å². The predicted octanol–water partition coefficient (Wildman–Crippen LogP) is 2.43. The minimum atomic E-state index is -4.46. The normalized spacial score (nSPS) is 12.1. The van der Waals surface area contributed by atoms with Gasteiger partial charge in [-0.05, 0) is 18.5 Å². The summed E-state index contributed by atoms with van der Waals surface area (Å²) in [5.41, 5.74) is -0.301. The van der Waals surface area contributed by atoms with Crippen LogP contribution in [0.15, 0.2) is 24.7 Å². The average molecular weight is 299 g/mol. The molecule has 2 aromatic heterocycles. The first-order valence-electron chi connectivity index (χ1n) is 6.51. The molecule has 5 nitrogen and oxygen atoms in total. The predicted molar refractivity (Wildman–Crippen MR) is 70.7 cm³/mol. The number of rotatable bonds is 5. The molecular weight excluding hydrogens is 283 g/mol. The second-order valence-corrected chi connectivity index (χ2v) is 5.04. The van der Waals surface area contributed by atoms with Crippen LogP contribution >= 0.6 is 0 Å². The Labute approximate surface area is 120 Å². The van der Waals surface area contributed by atoms with Gasteiger partial charge in [-0.2, -0.15) is 18.3 Å². The lowest BCUT2D eigenvalue weighted by Crippen LogP contribution is -2.20. The van der Waals surface area contributed by atoms with Crippen LogP contribution in [0.4, 0.5) is 13.2 Å². The molecule has 0 spiro atoms. The van der Waals surface area contributed by atoms with Crippen molar-refractivity contribution in [2.45, 2.75) is 26.6 Å². The molecule has 2 aromatic rings. The van der Waals surface area contributed by atoms with E-state index >= 15 is 0 Å². The fraction of sp³-hybridized carbons (Fsp3) is 0.462. The third kappa shape index (κ3) is 4.25. The molecule has 0 saturated carbocycles. The summed E-state index contributed by atoms with van der Waals surface area (Å²) in [6.07, 6.45) is -0.294. The second kappa shape index (κ2) is 6.21. The third-order valence-electron chi connectivity index (χ3n) is 2.64. The molecule has 0 radical (unpaired) electrons. The Balaban J connectivity index is 2.12. The summed E-state index contributed by atoms with van der Waals surface area (Å²) in [4.78, 5) is 8.23. The highest BCUT2D eigenvalue weighted by Crippen LogP contribution is 2.27. The van der Waals surface area contributed by atoms with Crippen molar-refractivity contribution in [3.05, 3.63) is 36.0 Å². The van der Waals surface area contributed by atoms with Crippen LogP contribution in [0.25, 0.3) is 5.82 Å². The average Bonchev–Trinajstić information content (AvgIpc) is 2.88. The van der Waals surface area contributed by atoms with Crippen molar-refractivity contribution < 1.29 is 13.2 Å². The number of halogens is 3. The quantitative estimate of drug-likeness (QED) is 0.921. The lowest BCUT2D eigenvalue weighted by Gasteiger charge is -2.07. The van der Waals surface area contributed by atoms with E-state index in [1.807, 2.05) is 0 Å². The molecule has 0 amide bonds. The molecule has 0 aliphatic rings. The Morgan fingerprint density at radius 2 is 2.05 bits per heavy atom. The van der Waals surface area contributed by atoms with Crippen LogP contribution in [0.2, 0.25) is 0 Å². The number of alkyl halides is 3. The fourth-order valence-electron chi connectivity index (χ4n) is 1.68. The van der Waals surface area contributed by atoms with Crippen molar-refractivity contribution in [2.75, 3.05) is 6.54 Å². The standard InChI is InChI=1S/C13H16F3N5/c1-9(2)5-17-6-10-7-18-8-12(19-10)21-4-3-11(20-21)13(14,15)16/h3-4,7-9,17H,5-6H2,1-2H3. The van der Waals surface area contributed by atoms with E-state index in [0.29, 0.717) is 18.2 Å². The minimum absolute atomic E-state index is 0.259. The Morgan fingerprint density at radius 1 is 1.29 bits per heavy atom. The van der Waals surface area contributed by atoms with Gasteiger partial charge in [-0.3, -0.25) is 4.98 Å². The maximum Gasteiger partial charge on any atom is 0.435 e. The van der Waals surface area contributed by atoms with Gasteiger partial charge >= 0.3 is 6.18 Å². The maximum absolute atomic E-state index is 12.5. The summed E-state index contributed by atoms with van der Waals surface area (Å²) in [6.45, 7) is 5.49. The second-order valence-electron chi connectivity index (χ2n) is 5.04. The van der Waals surface area contributed by atoms with E-state index in [4.69, 9.17) is 0 Å². The number of hydrogen-bond acceptors (Lipinski definition) is 4. The van der Waals surface area contributed by atoms with E-state index < -0.39 is 11.9 Å². The van der Waals surface area contributed by atoms with E-state index in [1.54, 1.807) is 6.20 Å². The zero-order valence-corrected chi connectivity index (χ0v) is 11.7. The van der Waals surface area contributed by atoms with Gasteiger partial charge in [0.1, 0.15) is 0 Å². The van der Waals surface area contributed by atoms with Gasteiger partial charge in [-0.25, -0.2) is 9.67 Å². The van der Waals surface area contributed by atoms with E-state index in [0.717, 1.165) is 17.3 Å². The van der Waals surface area contributed by atoms with Crippen LogP contribution in [0, 0.1) is 5.92 Å². The zero-order valence-electron chi connectivity index (χ0n) is 11.7. The van der Waals surface area contributed by atoms with Crippen LogP contribution in [0.5, 0.6) is 0 Å². The van der Waals surface area contributed by atoms with Crippen molar-refractivity contribution in [2.24, 2.45) is 5.92 Å². The summed E-state index contributed by atoms with van der Waals surface area (Å²) < 4.78 is 38.6. The first-order chi connectivity index (χ1) is 9.86. The summed E-state index contributed by atoms with van der Waals surface area (Å²) in [5, 5.41) is 6.67. The van der Waals surface area contributed by atoms with Crippen molar-refractivity contribution in [3.8, 4) is 5.82 Å². The van der Waals surface area contributed by atoms with E-state index in [9.17, 15) is 13.2 Å². The molecular formula is C13H16F3N5. The van der Waals surface area contributed by atoms with Crippen LogP contribution in [0.1, 0.15) is 25.2 Å². The topological polar surface area (TPSA) is 55.6 Å². The molecule has 114 valence electrons. The molecule has 0 unspecified atom stereocenters. The summed E-state index contributed by atoms with van der Waals surface area (Å²) >= 11 is 0. The van der Waals surface area contributed by atoms with Crippen LogP contribution in [-0.4, -0.2) is 26.3 Å². The van der Waals surface area contributed by atoms with E-state index in [1.165, 1.54) is 12.4 Å². The molecule has 2 rings (SSSR count). The van der Waals surface area contributed by atoms with Gasteiger partial charge in [-0.1, -0.05) is 13.8 Å². The van der Waals surface area contributed by atoms with Gasteiger partial charge in [0.2, 0.25) is 0 Å². The molecule has 0 aromatic carbocycles. The molecule has 0 atom stereocenters. The minimum Gasteiger partial charge on any atom is -0.311 e. The van der Waals surface area contributed by atoms with E-state index in [-0.39, 0.29) is 5.82 Å². The smallest absolute Gasteiger partial charge is 0.311 e. The Hall–Kier alpha value is -1.96.